The van der Waals surface area contributed by atoms with Crippen molar-refractivity contribution in [3.63, 3.8) is 0 Å². The van der Waals surface area contributed by atoms with Gasteiger partial charge in [-0.15, -0.1) is 0 Å². The number of aliphatic hydroxyl groups is 1. The van der Waals surface area contributed by atoms with Crippen LogP contribution in [0.2, 0.25) is 0 Å². The van der Waals surface area contributed by atoms with Crippen molar-refractivity contribution in [3.05, 3.63) is 17.5 Å². The molecule has 0 spiro atoms. The zero-order valence-corrected chi connectivity index (χ0v) is 9.76. The minimum atomic E-state index is -0.187. The number of hydrogen-bond donors (Lipinski definition) is 1. The second kappa shape index (κ2) is 5.29. The summed E-state index contributed by atoms with van der Waals surface area (Å²) in [4.78, 5) is 13.7. The van der Waals surface area contributed by atoms with Crippen LogP contribution in [0.15, 0.2) is 10.6 Å². The minimum absolute atomic E-state index is 0.00544. The van der Waals surface area contributed by atoms with Gasteiger partial charge in [-0.2, -0.15) is 0 Å². The normalized spacial score (nSPS) is 19.9. The summed E-state index contributed by atoms with van der Waals surface area (Å²) in [5.74, 6) is 0.336. The first-order valence-corrected chi connectivity index (χ1v) is 5.62. The summed E-state index contributed by atoms with van der Waals surface area (Å²) in [6, 6.07) is 1.49. The molecule has 1 saturated heterocycles. The van der Waals surface area contributed by atoms with E-state index in [1.54, 1.807) is 18.1 Å². The fraction of sp³-hybridized carbons (Fsp3) is 0.636. The quantitative estimate of drug-likeness (QED) is 0.825. The van der Waals surface area contributed by atoms with Crippen molar-refractivity contribution in [2.45, 2.75) is 25.5 Å². The maximum Gasteiger partial charge on any atom is 0.276 e. The summed E-state index contributed by atoms with van der Waals surface area (Å²) in [6.07, 6.45) is 1.75. The molecule has 1 aromatic heterocycles. The topological polar surface area (TPSA) is 75.8 Å². The third kappa shape index (κ3) is 2.48. The van der Waals surface area contributed by atoms with Crippen molar-refractivity contribution >= 4 is 5.91 Å². The molecular weight excluding hydrogens is 224 g/mol. The number of methoxy groups -OCH3 is 1. The van der Waals surface area contributed by atoms with Gasteiger partial charge >= 0.3 is 0 Å². The second-order valence-corrected chi connectivity index (χ2v) is 4.09. The Kier molecular flexibility index (Phi) is 3.75. The van der Waals surface area contributed by atoms with Crippen LogP contribution >= 0.6 is 0 Å². The number of rotatable bonds is 4. The number of likely N-dealkylation sites (tertiary alicyclic amines) is 1. The lowest BCUT2D eigenvalue weighted by Crippen LogP contribution is -2.37. The van der Waals surface area contributed by atoms with Crippen LogP contribution in [0.3, 0.4) is 0 Å². The highest BCUT2D eigenvalue weighted by atomic mass is 16.5. The van der Waals surface area contributed by atoms with Crippen LogP contribution in [0.4, 0.5) is 0 Å². The molecule has 1 amide bonds. The van der Waals surface area contributed by atoms with E-state index in [1.807, 2.05) is 0 Å². The SMILES string of the molecule is COCc1cc(C(=O)N2CCC[C@H]2CO)no1. The molecule has 2 rings (SSSR count). The van der Waals surface area contributed by atoms with Crippen LogP contribution < -0.4 is 0 Å². The Morgan fingerprint density at radius 3 is 3.29 bits per heavy atom. The molecule has 1 aromatic rings. The van der Waals surface area contributed by atoms with Gasteiger partial charge < -0.3 is 19.3 Å². The first-order valence-electron chi connectivity index (χ1n) is 5.62. The summed E-state index contributed by atoms with van der Waals surface area (Å²) in [7, 11) is 1.55. The third-order valence-corrected chi connectivity index (χ3v) is 2.91. The van der Waals surface area contributed by atoms with Crippen molar-refractivity contribution in [1.82, 2.24) is 10.1 Å². The van der Waals surface area contributed by atoms with Gasteiger partial charge in [0.15, 0.2) is 11.5 Å². The average Bonchev–Trinajstić information content (AvgIpc) is 2.96. The van der Waals surface area contributed by atoms with Crippen LogP contribution in [0.1, 0.15) is 29.1 Å². The maximum absolute atomic E-state index is 12.1. The highest BCUT2D eigenvalue weighted by molar-refractivity contribution is 5.92. The largest absolute Gasteiger partial charge is 0.394 e. The van der Waals surface area contributed by atoms with E-state index in [1.165, 1.54) is 0 Å². The molecule has 17 heavy (non-hydrogen) atoms. The summed E-state index contributed by atoms with van der Waals surface area (Å²) in [5.41, 5.74) is 0.275. The van der Waals surface area contributed by atoms with Crippen LogP contribution in [0.5, 0.6) is 0 Å². The van der Waals surface area contributed by atoms with Gasteiger partial charge in [0.2, 0.25) is 0 Å². The van der Waals surface area contributed by atoms with Crippen LogP contribution in [-0.4, -0.2) is 47.4 Å². The molecular formula is C11H16N2O4. The van der Waals surface area contributed by atoms with E-state index in [0.29, 0.717) is 18.9 Å². The first kappa shape index (κ1) is 12.1. The van der Waals surface area contributed by atoms with Crippen molar-refractivity contribution in [3.8, 4) is 0 Å². The van der Waals surface area contributed by atoms with Gasteiger partial charge in [0.25, 0.3) is 5.91 Å². The van der Waals surface area contributed by atoms with E-state index in [0.717, 1.165) is 12.8 Å². The minimum Gasteiger partial charge on any atom is -0.394 e. The molecule has 0 unspecified atom stereocenters. The van der Waals surface area contributed by atoms with Crippen LogP contribution in [-0.2, 0) is 11.3 Å². The molecule has 1 fully saturated rings. The summed E-state index contributed by atoms with van der Waals surface area (Å²) < 4.78 is 9.86. The lowest BCUT2D eigenvalue weighted by atomic mass is 10.2. The highest BCUT2D eigenvalue weighted by Gasteiger charge is 2.30. The number of aliphatic hydroxyl groups excluding tert-OH is 1. The maximum atomic E-state index is 12.1. The van der Waals surface area contributed by atoms with E-state index in [2.05, 4.69) is 5.16 Å². The number of amides is 1. The molecule has 2 heterocycles. The number of carbonyl (C=O) groups is 1. The fourth-order valence-corrected chi connectivity index (χ4v) is 2.06. The lowest BCUT2D eigenvalue weighted by Gasteiger charge is -2.21. The van der Waals surface area contributed by atoms with Crippen LogP contribution in [0.25, 0.3) is 0 Å². The van der Waals surface area contributed by atoms with E-state index >= 15 is 0 Å². The van der Waals surface area contributed by atoms with Crippen molar-refractivity contribution in [2.24, 2.45) is 0 Å². The molecule has 1 aliphatic rings. The van der Waals surface area contributed by atoms with Gasteiger partial charge in [0, 0.05) is 19.7 Å². The van der Waals surface area contributed by atoms with Gasteiger partial charge in [-0.25, -0.2) is 0 Å². The lowest BCUT2D eigenvalue weighted by molar-refractivity contribution is 0.0667. The van der Waals surface area contributed by atoms with Gasteiger partial charge in [-0.1, -0.05) is 5.16 Å². The Morgan fingerprint density at radius 1 is 1.76 bits per heavy atom. The number of ether oxygens (including phenoxy) is 1. The number of aromatic nitrogens is 1. The van der Waals surface area contributed by atoms with E-state index in [-0.39, 0.29) is 24.2 Å². The molecule has 0 bridgehead atoms. The first-order chi connectivity index (χ1) is 8.26. The van der Waals surface area contributed by atoms with Gasteiger partial charge in [0.05, 0.1) is 12.6 Å². The molecule has 6 nitrogen and oxygen atoms in total. The predicted octanol–water partition coefficient (Wildman–Crippen LogP) is 0.418. The van der Waals surface area contributed by atoms with Crippen molar-refractivity contribution < 1.29 is 19.2 Å². The third-order valence-electron chi connectivity index (χ3n) is 2.91. The Labute approximate surface area is 99.1 Å². The number of nitrogens with zero attached hydrogens (tertiary/aromatic N) is 2. The van der Waals surface area contributed by atoms with Crippen LogP contribution in [0, 0.1) is 0 Å². The Bertz CT molecular complexity index is 391. The molecule has 0 radical (unpaired) electrons. The van der Waals surface area contributed by atoms with E-state index in [9.17, 15) is 4.79 Å². The molecule has 0 saturated carbocycles. The molecule has 0 aliphatic carbocycles. The fourth-order valence-electron chi connectivity index (χ4n) is 2.06. The Morgan fingerprint density at radius 2 is 2.59 bits per heavy atom. The van der Waals surface area contributed by atoms with Gasteiger partial charge in [-0.05, 0) is 12.8 Å². The molecule has 0 aromatic carbocycles. The molecule has 94 valence electrons. The summed E-state index contributed by atoms with van der Waals surface area (Å²) in [6.45, 7) is 0.953. The van der Waals surface area contributed by atoms with E-state index in [4.69, 9.17) is 14.4 Å². The standard InChI is InChI=1S/C11H16N2O4/c1-16-7-9-5-10(12-17-9)11(15)13-4-2-3-8(13)6-14/h5,8,14H,2-4,6-7H2,1H3/t8-/m0/s1. The molecule has 1 N–H and O–H groups in total. The van der Waals surface area contributed by atoms with E-state index < -0.39 is 0 Å². The summed E-state index contributed by atoms with van der Waals surface area (Å²) in [5, 5.41) is 12.9. The van der Waals surface area contributed by atoms with Crippen molar-refractivity contribution in [2.75, 3.05) is 20.3 Å². The second-order valence-electron chi connectivity index (χ2n) is 4.09. The monoisotopic (exact) mass is 240 g/mol. The average molecular weight is 240 g/mol. The zero-order chi connectivity index (χ0) is 12.3. The Hall–Kier alpha value is -1.40. The molecule has 6 heteroatoms. The highest BCUT2D eigenvalue weighted by Crippen LogP contribution is 2.19. The van der Waals surface area contributed by atoms with Gasteiger partial charge in [-0.3, -0.25) is 4.79 Å². The smallest absolute Gasteiger partial charge is 0.276 e. The molecule has 1 aliphatic heterocycles. The zero-order valence-electron chi connectivity index (χ0n) is 9.76. The number of carbonyl (C=O) groups excluding carboxylic acids is 1. The Balaban J connectivity index is 2.07. The molecule has 1 atom stereocenters. The van der Waals surface area contributed by atoms with Gasteiger partial charge in [0.1, 0.15) is 6.61 Å². The summed E-state index contributed by atoms with van der Waals surface area (Å²) >= 11 is 0. The predicted molar refractivity (Wildman–Crippen MR) is 58.4 cm³/mol. The number of hydrogen-bond acceptors (Lipinski definition) is 5. The van der Waals surface area contributed by atoms with Crippen molar-refractivity contribution in [1.29, 1.82) is 0 Å².